The van der Waals surface area contributed by atoms with Gasteiger partial charge in [0.05, 0.1) is 11.0 Å². The highest BCUT2D eigenvalue weighted by molar-refractivity contribution is 5.97. The third kappa shape index (κ3) is 8.61. The molecule has 36 heavy (non-hydrogen) atoms. The number of fused-ring (bicyclic) bond motifs is 1. The van der Waals surface area contributed by atoms with Crippen LogP contribution in [0, 0.1) is 17.3 Å². The summed E-state index contributed by atoms with van der Waals surface area (Å²) >= 11 is 0. The first kappa shape index (κ1) is 28.7. The van der Waals surface area contributed by atoms with Gasteiger partial charge in [0, 0.05) is 31.6 Å². The van der Waals surface area contributed by atoms with Crippen molar-refractivity contribution in [3.05, 3.63) is 29.6 Å². The average Bonchev–Trinajstić information content (AvgIpc) is 3.13. The Bertz CT molecular complexity index is 951. The molecule has 202 valence electrons. The molecule has 0 bridgehead atoms. The molecule has 1 amide bonds. The lowest BCUT2D eigenvalue weighted by molar-refractivity contribution is 0.0741. The van der Waals surface area contributed by atoms with Crippen LogP contribution in [-0.4, -0.2) is 58.0 Å². The smallest absolute Gasteiger partial charge is 0.253 e. The number of amides is 1. The molecule has 0 radical (unpaired) electrons. The van der Waals surface area contributed by atoms with Crippen LogP contribution in [0.1, 0.15) is 103 Å². The van der Waals surface area contributed by atoms with Crippen LogP contribution in [0.4, 0.5) is 0 Å². The van der Waals surface area contributed by atoms with Crippen LogP contribution in [0.15, 0.2) is 18.2 Å². The van der Waals surface area contributed by atoms with Crippen molar-refractivity contribution in [2.45, 2.75) is 100.0 Å². The third-order valence-electron chi connectivity index (χ3n) is 7.31. The lowest BCUT2D eigenvalue weighted by atomic mass is 9.92. The van der Waals surface area contributed by atoms with Crippen LogP contribution >= 0.6 is 0 Å². The molecule has 0 aliphatic carbocycles. The second-order valence-corrected chi connectivity index (χ2v) is 13.0. The molecule has 5 heteroatoms. The second-order valence-electron chi connectivity index (χ2n) is 13.0. The molecule has 1 fully saturated rings. The molecular weight excluding hydrogens is 444 g/mol. The van der Waals surface area contributed by atoms with Crippen molar-refractivity contribution in [1.29, 1.82) is 0 Å². The molecule has 0 atom stereocenters. The number of hydrogen-bond donors (Lipinski definition) is 0. The zero-order chi connectivity index (χ0) is 26.3. The summed E-state index contributed by atoms with van der Waals surface area (Å²) in [6.45, 7) is 22.0. The Morgan fingerprint density at radius 2 is 1.61 bits per heavy atom. The second kappa shape index (κ2) is 13.1. The van der Waals surface area contributed by atoms with Gasteiger partial charge in [-0.25, -0.2) is 4.98 Å². The summed E-state index contributed by atoms with van der Waals surface area (Å²) in [5, 5.41) is 0. The molecule has 1 aliphatic heterocycles. The third-order valence-corrected chi connectivity index (χ3v) is 7.31. The quantitative estimate of drug-likeness (QED) is 0.316. The highest BCUT2D eigenvalue weighted by Gasteiger charge is 2.22. The topological polar surface area (TPSA) is 41.4 Å². The van der Waals surface area contributed by atoms with E-state index in [1.807, 2.05) is 6.07 Å². The summed E-state index contributed by atoms with van der Waals surface area (Å²) < 4.78 is 2.41. The minimum absolute atomic E-state index is 0.162. The van der Waals surface area contributed by atoms with Crippen molar-refractivity contribution < 1.29 is 4.79 Å². The normalized spacial score (nSPS) is 15.4. The number of nitrogens with zero attached hydrogens (tertiary/aromatic N) is 4. The van der Waals surface area contributed by atoms with Crippen LogP contribution in [0.3, 0.4) is 0 Å². The maximum absolute atomic E-state index is 13.7. The van der Waals surface area contributed by atoms with Gasteiger partial charge in [-0.3, -0.25) is 4.79 Å². The van der Waals surface area contributed by atoms with Gasteiger partial charge in [-0.15, -0.1) is 0 Å². The van der Waals surface area contributed by atoms with Gasteiger partial charge >= 0.3 is 0 Å². The van der Waals surface area contributed by atoms with Crippen LogP contribution < -0.4 is 0 Å². The molecule has 0 N–H and O–H groups in total. The maximum atomic E-state index is 13.7. The van der Waals surface area contributed by atoms with Crippen LogP contribution in [0.2, 0.25) is 0 Å². The fourth-order valence-electron chi connectivity index (χ4n) is 5.13. The van der Waals surface area contributed by atoms with Crippen LogP contribution in [-0.2, 0) is 13.0 Å². The number of aromatic nitrogens is 2. The van der Waals surface area contributed by atoms with E-state index in [9.17, 15) is 4.79 Å². The molecule has 5 nitrogen and oxygen atoms in total. The predicted octanol–water partition coefficient (Wildman–Crippen LogP) is 7.04. The van der Waals surface area contributed by atoms with Gasteiger partial charge in [0.2, 0.25) is 0 Å². The Labute approximate surface area is 220 Å². The number of hydrogen-bond acceptors (Lipinski definition) is 3. The summed E-state index contributed by atoms with van der Waals surface area (Å²) in [5.41, 5.74) is 3.09. The van der Waals surface area contributed by atoms with Gasteiger partial charge in [0.15, 0.2) is 0 Å². The van der Waals surface area contributed by atoms with E-state index in [4.69, 9.17) is 4.98 Å². The molecule has 2 aromatic rings. The fraction of sp³-hybridized carbons (Fsp3) is 0.742. The first-order valence-corrected chi connectivity index (χ1v) is 14.5. The van der Waals surface area contributed by atoms with Crippen molar-refractivity contribution in [2.24, 2.45) is 17.3 Å². The first-order valence-electron chi connectivity index (χ1n) is 14.5. The number of imidazole rings is 1. The molecule has 2 heterocycles. The Morgan fingerprint density at radius 3 is 2.19 bits per heavy atom. The summed E-state index contributed by atoms with van der Waals surface area (Å²) in [6, 6.07) is 6.18. The molecule has 1 saturated heterocycles. The van der Waals surface area contributed by atoms with E-state index in [0.717, 1.165) is 74.3 Å². The van der Waals surface area contributed by atoms with E-state index in [1.165, 1.54) is 32.4 Å². The van der Waals surface area contributed by atoms with Gasteiger partial charge in [-0.05, 0) is 87.2 Å². The lowest BCUT2D eigenvalue weighted by Crippen LogP contribution is -2.34. The van der Waals surface area contributed by atoms with Crippen LogP contribution in [0.25, 0.3) is 11.0 Å². The fourth-order valence-corrected chi connectivity index (χ4v) is 5.13. The number of rotatable bonds is 12. The van der Waals surface area contributed by atoms with E-state index in [-0.39, 0.29) is 11.3 Å². The molecule has 0 spiro atoms. The SMILES string of the molecule is CC(C)CCN(CCC(C)C)C(=O)c1ccc2nc(CC(C)(C)C)n(CCCN3CCCCC3)c2c1. The highest BCUT2D eigenvalue weighted by atomic mass is 16.2. The summed E-state index contributed by atoms with van der Waals surface area (Å²) in [5.74, 6) is 2.49. The van der Waals surface area contributed by atoms with Gasteiger partial charge in [0.1, 0.15) is 5.82 Å². The number of carbonyl (C=O) groups is 1. The zero-order valence-corrected chi connectivity index (χ0v) is 24.3. The number of carbonyl (C=O) groups excluding carboxylic acids is 1. The number of aryl methyl sites for hydroxylation is 1. The largest absolute Gasteiger partial charge is 0.339 e. The van der Waals surface area contributed by atoms with Gasteiger partial charge in [-0.1, -0.05) is 54.9 Å². The van der Waals surface area contributed by atoms with E-state index >= 15 is 0 Å². The molecule has 1 aromatic heterocycles. The molecule has 0 unspecified atom stereocenters. The number of piperidine rings is 1. The van der Waals surface area contributed by atoms with Gasteiger partial charge in [-0.2, -0.15) is 0 Å². The summed E-state index contributed by atoms with van der Waals surface area (Å²) in [4.78, 5) is 23.4. The van der Waals surface area contributed by atoms with Gasteiger partial charge < -0.3 is 14.4 Å². The summed E-state index contributed by atoms with van der Waals surface area (Å²) in [6.07, 6.45) is 8.17. The van der Waals surface area contributed by atoms with E-state index in [0.29, 0.717) is 11.8 Å². The zero-order valence-electron chi connectivity index (χ0n) is 24.3. The van der Waals surface area contributed by atoms with E-state index in [1.54, 1.807) is 0 Å². The number of likely N-dealkylation sites (tertiary alicyclic amines) is 1. The minimum atomic E-state index is 0.162. The Kier molecular flexibility index (Phi) is 10.4. The molecule has 0 saturated carbocycles. The van der Waals surface area contributed by atoms with Crippen molar-refractivity contribution in [2.75, 3.05) is 32.7 Å². The monoisotopic (exact) mass is 496 g/mol. The molecular formula is C31H52N4O. The first-order chi connectivity index (χ1) is 17.0. The lowest BCUT2D eigenvalue weighted by Gasteiger charge is -2.26. The number of benzene rings is 1. The van der Waals surface area contributed by atoms with E-state index < -0.39 is 0 Å². The van der Waals surface area contributed by atoms with Crippen molar-refractivity contribution >= 4 is 16.9 Å². The van der Waals surface area contributed by atoms with Crippen molar-refractivity contribution in [3.8, 4) is 0 Å². The highest BCUT2D eigenvalue weighted by Crippen LogP contribution is 2.26. The predicted molar refractivity (Wildman–Crippen MR) is 153 cm³/mol. The van der Waals surface area contributed by atoms with E-state index in [2.05, 4.69) is 75.0 Å². The molecule has 3 rings (SSSR count). The average molecular weight is 497 g/mol. The van der Waals surface area contributed by atoms with Crippen molar-refractivity contribution in [3.63, 3.8) is 0 Å². The van der Waals surface area contributed by atoms with Gasteiger partial charge in [0.25, 0.3) is 5.91 Å². The summed E-state index contributed by atoms with van der Waals surface area (Å²) in [7, 11) is 0. The Balaban J connectivity index is 1.86. The van der Waals surface area contributed by atoms with Crippen LogP contribution in [0.5, 0.6) is 0 Å². The Morgan fingerprint density at radius 1 is 0.972 bits per heavy atom. The van der Waals surface area contributed by atoms with Crippen molar-refractivity contribution in [1.82, 2.24) is 19.4 Å². The maximum Gasteiger partial charge on any atom is 0.253 e. The standard InChI is InChI=1S/C31H52N4O/c1-24(2)14-20-34(21-15-25(3)4)30(36)26-12-13-27-28(22-26)35(29(32-27)23-31(5,6)7)19-11-18-33-16-9-8-10-17-33/h12-13,22,24-25H,8-11,14-21,23H2,1-7H3. The Hall–Kier alpha value is -1.88. The molecule has 1 aliphatic rings. The molecule has 1 aromatic carbocycles. The minimum Gasteiger partial charge on any atom is -0.339 e.